The summed E-state index contributed by atoms with van der Waals surface area (Å²) in [5.41, 5.74) is 7.37. The number of hydrogen-bond acceptors (Lipinski definition) is 3. The van der Waals surface area contributed by atoms with E-state index in [1.807, 2.05) is 30.3 Å². The Balaban J connectivity index is 2.22. The first kappa shape index (κ1) is 11.9. The first-order chi connectivity index (χ1) is 9.01. The van der Waals surface area contributed by atoms with Crippen molar-refractivity contribution in [3.05, 3.63) is 59.2 Å². The standard InChI is InChI=1S/C15H13NO3/c16-15(19,14(17)18)13-7-3-6-11-10-5-2-1-4-9(10)8-12(11)13/h1-7,19H,8,16H2,(H,17,18). The van der Waals surface area contributed by atoms with Gasteiger partial charge >= 0.3 is 5.97 Å². The van der Waals surface area contributed by atoms with Crippen molar-refractivity contribution in [3.8, 4) is 11.1 Å². The summed E-state index contributed by atoms with van der Waals surface area (Å²) in [6, 6.07) is 13.1. The molecule has 1 aliphatic rings. The summed E-state index contributed by atoms with van der Waals surface area (Å²) in [7, 11) is 0. The van der Waals surface area contributed by atoms with E-state index >= 15 is 0 Å². The first-order valence-electron chi connectivity index (χ1n) is 5.97. The number of carboxylic acid groups (broad SMARTS) is 1. The largest absolute Gasteiger partial charge is 0.478 e. The fourth-order valence-corrected chi connectivity index (χ4v) is 2.63. The van der Waals surface area contributed by atoms with E-state index in [0.717, 1.165) is 22.3 Å². The lowest BCUT2D eigenvalue weighted by Crippen LogP contribution is -2.45. The van der Waals surface area contributed by atoms with Crippen molar-refractivity contribution >= 4 is 5.97 Å². The highest BCUT2D eigenvalue weighted by Gasteiger charge is 2.37. The Kier molecular flexibility index (Phi) is 2.45. The van der Waals surface area contributed by atoms with Crippen molar-refractivity contribution in [3.63, 3.8) is 0 Å². The van der Waals surface area contributed by atoms with Gasteiger partial charge in [-0.1, -0.05) is 42.5 Å². The number of hydrogen-bond donors (Lipinski definition) is 3. The summed E-state index contributed by atoms with van der Waals surface area (Å²) < 4.78 is 0. The monoisotopic (exact) mass is 255 g/mol. The van der Waals surface area contributed by atoms with E-state index < -0.39 is 11.7 Å². The zero-order chi connectivity index (χ0) is 13.6. The second-order valence-electron chi connectivity index (χ2n) is 4.74. The first-order valence-corrected chi connectivity index (χ1v) is 5.97. The lowest BCUT2D eigenvalue weighted by molar-refractivity contribution is -0.159. The van der Waals surface area contributed by atoms with Gasteiger partial charge in [0.05, 0.1) is 0 Å². The maximum Gasteiger partial charge on any atom is 0.356 e. The Morgan fingerprint density at radius 3 is 2.53 bits per heavy atom. The third kappa shape index (κ3) is 1.65. The molecule has 3 rings (SSSR count). The Hall–Kier alpha value is -2.17. The summed E-state index contributed by atoms with van der Waals surface area (Å²) in [5, 5.41) is 19.1. The van der Waals surface area contributed by atoms with Crippen molar-refractivity contribution in [2.45, 2.75) is 12.1 Å². The number of fused-ring (bicyclic) bond motifs is 3. The highest BCUT2D eigenvalue weighted by Crippen LogP contribution is 2.40. The Labute approximate surface area is 110 Å². The molecule has 96 valence electrons. The number of nitrogens with two attached hydrogens (primary N) is 1. The van der Waals surface area contributed by atoms with Crippen LogP contribution >= 0.6 is 0 Å². The molecule has 19 heavy (non-hydrogen) atoms. The molecule has 0 heterocycles. The summed E-state index contributed by atoms with van der Waals surface area (Å²) >= 11 is 0. The van der Waals surface area contributed by atoms with Crippen molar-refractivity contribution in [2.24, 2.45) is 5.73 Å². The molecule has 1 unspecified atom stereocenters. The number of carbonyl (C=O) groups is 1. The molecule has 0 saturated heterocycles. The number of rotatable bonds is 2. The van der Waals surface area contributed by atoms with Gasteiger partial charge in [0.25, 0.3) is 0 Å². The predicted molar refractivity (Wildman–Crippen MR) is 70.4 cm³/mol. The normalized spacial score (nSPS) is 15.5. The average molecular weight is 255 g/mol. The van der Waals surface area contributed by atoms with Crippen molar-refractivity contribution in [2.75, 3.05) is 0 Å². The Morgan fingerprint density at radius 1 is 1.11 bits per heavy atom. The van der Waals surface area contributed by atoms with E-state index in [-0.39, 0.29) is 5.56 Å². The van der Waals surface area contributed by atoms with E-state index in [0.29, 0.717) is 6.42 Å². The van der Waals surface area contributed by atoms with Crippen LogP contribution in [0.4, 0.5) is 0 Å². The highest BCUT2D eigenvalue weighted by molar-refractivity contribution is 5.83. The predicted octanol–water partition coefficient (Wildman–Crippen LogP) is 1.45. The van der Waals surface area contributed by atoms with Gasteiger partial charge in [0.15, 0.2) is 0 Å². The van der Waals surface area contributed by atoms with E-state index in [9.17, 15) is 9.90 Å². The smallest absolute Gasteiger partial charge is 0.356 e. The van der Waals surface area contributed by atoms with Gasteiger partial charge in [-0.15, -0.1) is 0 Å². The summed E-state index contributed by atoms with van der Waals surface area (Å²) in [6.07, 6.45) is 0.592. The van der Waals surface area contributed by atoms with Crippen LogP contribution in [-0.2, 0) is 16.9 Å². The third-order valence-corrected chi connectivity index (χ3v) is 3.59. The van der Waals surface area contributed by atoms with Gasteiger partial charge in [0.2, 0.25) is 5.72 Å². The van der Waals surface area contributed by atoms with E-state index in [2.05, 4.69) is 0 Å². The number of carboxylic acids is 1. The molecule has 1 atom stereocenters. The maximum atomic E-state index is 11.1. The van der Waals surface area contributed by atoms with Crippen LogP contribution < -0.4 is 5.73 Å². The molecule has 0 radical (unpaired) electrons. The minimum absolute atomic E-state index is 0.258. The minimum atomic E-state index is -2.35. The van der Waals surface area contributed by atoms with Crippen LogP contribution in [0.15, 0.2) is 42.5 Å². The second-order valence-corrected chi connectivity index (χ2v) is 4.74. The molecule has 4 heteroatoms. The van der Waals surface area contributed by atoms with Crippen LogP contribution in [0.2, 0.25) is 0 Å². The molecule has 2 aromatic rings. The zero-order valence-electron chi connectivity index (χ0n) is 10.1. The Bertz CT molecular complexity index is 677. The molecule has 2 aromatic carbocycles. The number of benzene rings is 2. The lowest BCUT2D eigenvalue weighted by Gasteiger charge is -2.21. The van der Waals surface area contributed by atoms with Crippen molar-refractivity contribution < 1.29 is 15.0 Å². The van der Waals surface area contributed by atoms with E-state index in [1.54, 1.807) is 12.1 Å². The number of aliphatic hydroxyl groups is 1. The molecule has 0 aliphatic heterocycles. The van der Waals surface area contributed by atoms with Gasteiger partial charge in [-0.2, -0.15) is 0 Å². The van der Waals surface area contributed by atoms with Crippen LogP contribution in [0.25, 0.3) is 11.1 Å². The molecule has 0 bridgehead atoms. The Morgan fingerprint density at radius 2 is 1.79 bits per heavy atom. The fraction of sp³-hybridized carbons (Fsp3) is 0.133. The average Bonchev–Trinajstić information content (AvgIpc) is 2.76. The third-order valence-electron chi connectivity index (χ3n) is 3.59. The van der Waals surface area contributed by atoms with Crippen molar-refractivity contribution in [1.29, 1.82) is 0 Å². The summed E-state index contributed by atoms with van der Waals surface area (Å²) in [5.74, 6) is -1.45. The quantitative estimate of drug-likeness (QED) is 0.605. The summed E-state index contributed by atoms with van der Waals surface area (Å²) in [4.78, 5) is 11.1. The van der Waals surface area contributed by atoms with Gasteiger partial charge in [0.1, 0.15) is 0 Å². The van der Waals surface area contributed by atoms with Crippen LogP contribution in [0, 0.1) is 0 Å². The van der Waals surface area contributed by atoms with E-state index in [4.69, 9.17) is 10.8 Å². The van der Waals surface area contributed by atoms with E-state index in [1.165, 1.54) is 0 Å². The SMILES string of the molecule is NC(O)(C(=O)O)c1cccc2c1Cc1ccccc1-2. The molecule has 0 fully saturated rings. The molecule has 0 spiro atoms. The van der Waals surface area contributed by atoms with Gasteiger partial charge in [-0.25, -0.2) is 4.79 Å². The van der Waals surface area contributed by atoms with Crippen LogP contribution in [0.3, 0.4) is 0 Å². The highest BCUT2D eigenvalue weighted by atomic mass is 16.4. The van der Waals surface area contributed by atoms with Gasteiger partial charge in [-0.05, 0) is 28.7 Å². The fourth-order valence-electron chi connectivity index (χ4n) is 2.63. The molecule has 0 saturated carbocycles. The lowest BCUT2D eigenvalue weighted by atomic mass is 9.94. The molecule has 4 N–H and O–H groups in total. The van der Waals surface area contributed by atoms with Crippen LogP contribution in [0.5, 0.6) is 0 Å². The molecule has 0 aromatic heterocycles. The van der Waals surface area contributed by atoms with Gasteiger partial charge in [-0.3, -0.25) is 5.73 Å². The summed E-state index contributed by atoms with van der Waals surface area (Å²) in [6.45, 7) is 0. The molecule has 4 nitrogen and oxygen atoms in total. The van der Waals surface area contributed by atoms with Gasteiger partial charge in [0, 0.05) is 5.56 Å². The van der Waals surface area contributed by atoms with Gasteiger partial charge < -0.3 is 10.2 Å². The van der Waals surface area contributed by atoms with Crippen LogP contribution in [-0.4, -0.2) is 16.2 Å². The second kappa shape index (κ2) is 3.91. The molecular weight excluding hydrogens is 242 g/mol. The minimum Gasteiger partial charge on any atom is -0.478 e. The molecule has 0 amide bonds. The molecular formula is C15H13NO3. The molecule has 1 aliphatic carbocycles. The maximum absolute atomic E-state index is 11.1. The van der Waals surface area contributed by atoms with Crippen LogP contribution in [0.1, 0.15) is 16.7 Å². The number of aliphatic carboxylic acids is 1. The van der Waals surface area contributed by atoms with Crippen molar-refractivity contribution in [1.82, 2.24) is 0 Å². The zero-order valence-corrected chi connectivity index (χ0v) is 10.1. The topological polar surface area (TPSA) is 83.5 Å².